The maximum Gasteiger partial charge on any atom is 0.280 e. The van der Waals surface area contributed by atoms with Crippen molar-refractivity contribution in [1.82, 2.24) is 10.3 Å². The van der Waals surface area contributed by atoms with Crippen LogP contribution in [0.4, 0.5) is 0 Å². The first-order chi connectivity index (χ1) is 10.5. The first-order valence-electron chi connectivity index (χ1n) is 7.44. The van der Waals surface area contributed by atoms with Crippen LogP contribution in [0.15, 0.2) is 12.3 Å². The van der Waals surface area contributed by atoms with Gasteiger partial charge in [-0.15, -0.1) is 0 Å². The number of aromatic nitrogens is 1. The Labute approximate surface area is 128 Å². The molecule has 0 unspecified atom stereocenters. The van der Waals surface area contributed by atoms with Crippen LogP contribution in [-0.4, -0.2) is 34.1 Å². The number of pyridine rings is 1. The molecule has 120 valence electrons. The summed E-state index contributed by atoms with van der Waals surface area (Å²) in [6, 6.07) is 0.682. The fraction of sp³-hybridized carbons (Fsp3) is 0.533. The molecule has 0 radical (unpaired) electrons. The highest BCUT2D eigenvalue weighted by molar-refractivity contribution is 6.06. The number of aromatic hydroxyl groups is 1. The average molecular weight is 307 g/mol. The monoisotopic (exact) mass is 307 g/mol. The molecule has 1 aliphatic carbocycles. The van der Waals surface area contributed by atoms with Crippen LogP contribution < -0.4 is 15.8 Å². The van der Waals surface area contributed by atoms with Crippen LogP contribution in [0, 0.1) is 0 Å². The minimum Gasteiger partial charge on any atom is -0.503 e. The Balaban J connectivity index is 2.11. The molecule has 2 rings (SSSR count). The van der Waals surface area contributed by atoms with Crippen LogP contribution in [0.3, 0.4) is 0 Å². The number of carbonyl (C=O) groups excluding carboxylic acids is 2. The third-order valence-corrected chi connectivity index (χ3v) is 3.60. The number of nitrogens with two attached hydrogens (primary N) is 1. The third-order valence-electron chi connectivity index (χ3n) is 3.60. The summed E-state index contributed by atoms with van der Waals surface area (Å²) in [7, 11) is 0. The minimum atomic E-state index is -0.826. The number of nitrogens with one attached hydrogen (secondary N) is 1. The zero-order valence-corrected chi connectivity index (χ0v) is 12.5. The highest BCUT2D eigenvalue weighted by Gasteiger charge is 2.22. The molecule has 0 bridgehead atoms. The number of nitrogens with zero attached hydrogens (tertiary/aromatic N) is 1. The first-order valence-corrected chi connectivity index (χ1v) is 7.44. The largest absolute Gasteiger partial charge is 0.503 e. The molecule has 7 heteroatoms. The van der Waals surface area contributed by atoms with Crippen molar-refractivity contribution < 1.29 is 19.4 Å². The second-order valence-electron chi connectivity index (χ2n) is 5.49. The summed E-state index contributed by atoms with van der Waals surface area (Å²) in [4.78, 5) is 27.2. The molecule has 1 aliphatic rings. The number of hydrogen-bond donors (Lipinski definition) is 3. The van der Waals surface area contributed by atoms with Gasteiger partial charge >= 0.3 is 0 Å². The molecule has 2 amide bonds. The summed E-state index contributed by atoms with van der Waals surface area (Å²) in [5, 5.41) is 12.2. The molecule has 0 aromatic carbocycles. The van der Waals surface area contributed by atoms with Gasteiger partial charge in [0.25, 0.3) is 5.91 Å². The molecule has 4 N–H and O–H groups in total. The molecule has 7 nitrogen and oxygen atoms in total. The predicted octanol–water partition coefficient (Wildman–Crippen LogP) is 1.10. The van der Waals surface area contributed by atoms with Crippen LogP contribution in [0.1, 0.15) is 49.5 Å². The summed E-state index contributed by atoms with van der Waals surface area (Å²) >= 11 is 0. The van der Waals surface area contributed by atoms with E-state index < -0.39 is 17.9 Å². The van der Waals surface area contributed by atoms with Crippen molar-refractivity contribution in [3.8, 4) is 11.5 Å². The number of rotatable bonds is 4. The summed E-state index contributed by atoms with van der Waals surface area (Å²) in [5.74, 6) is -1.58. The van der Waals surface area contributed by atoms with E-state index in [4.69, 9.17) is 10.5 Å². The zero-order valence-electron chi connectivity index (χ0n) is 12.5. The van der Waals surface area contributed by atoms with Crippen molar-refractivity contribution in [1.29, 1.82) is 0 Å². The highest BCUT2D eigenvalue weighted by atomic mass is 16.5. The Morgan fingerprint density at radius 2 is 2.09 bits per heavy atom. The minimum absolute atomic E-state index is 0.0312. The standard InChI is InChI=1S/C15H21N3O4/c1-9(16)14(20)18-15(21)12-13(19)11(7-8-17-12)22-10-5-3-2-4-6-10/h7-10,19H,2-6,16H2,1H3,(H,18,20,21)/t9-/m0/s1. The van der Waals surface area contributed by atoms with E-state index in [1.165, 1.54) is 25.6 Å². The molecule has 1 fully saturated rings. The van der Waals surface area contributed by atoms with E-state index in [1.807, 2.05) is 0 Å². The van der Waals surface area contributed by atoms with Crippen molar-refractivity contribution in [3.63, 3.8) is 0 Å². The maximum atomic E-state index is 12.0. The van der Waals surface area contributed by atoms with Crippen LogP contribution in [0.25, 0.3) is 0 Å². The van der Waals surface area contributed by atoms with Crippen LogP contribution >= 0.6 is 0 Å². The quantitative estimate of drug-likeness (QED) is 0.767. The molecule has 22 heavy (non-hydrogen) atoms. The Morgan fingerprint density at radius 1 is 1.41 bits per heavy atom. The van der Waals surface area contributed by atoms with Crippen LogP contribution in [-0.2, 0) is 4.79 Å². The van der Waals surface area contributed by atoms with Crippen molar-refractivity contribution >= 4 is 11.8 Å². The van der Waals surface area contributed by atoms with Gasteiger partial charge in [-0.25, -0.2) is 4.98 Å². The smallest absolute Gasteiger partial charge is 0.280 e. The molecular weight excluding hydrogens is 286 g/mol. The molecule has 0 spiro atoms. The van der Waals surface area contributed by atoms with Gasteiger partial charge in [-0.1, -0.05) is 6.42 Å². The fourth-order valence-corrected chi connectivity index (χ4v) is 2.35. The van der Waals surface area contributed by atoms with Gasteiger partial charge in [-0.05, 0) is 32.6 Å². The van der Waals surface area contributed by atoms with Gasteiger partial charge in [0.15, 0.2) is 17.2 Å². The lowest BCUT2D eigenvalue weighted by molar-refractivity contribution is -0.121. The molecule has 0 saturated heterocycles. The second-order valence-corrected chi connectivity index (χ2v) is 5.49. The third kappa shape index (κ3) is 3.94. The Bertz CT molecular complexity index is 554. The number of carbonyl (C=O) groups is 2. The predicted molar refractivity (Wildman–Crippen MR) is 79.5 cm³/mol. The van der Waals surface area contributed by atoms with Gasteiger partial charge in [-0.2, -0.15) is 0 Å². The first kappa shape index (κ1) is 16.2. The lowest BCUT2D eigenvalue weighted by Crippen LogP contribution is -2.41. The topological polar surface area (TPSA) is 115 Å². The summed E-state index contributed by atoms with van der Waals surface area (Å²) in [6.45, 7) is 1.46. The van der Waals surface area contributed by atoms with Gasteiger partial charge in [0.05, 0.1) is 12.1 Å². The Morgan fingerprint density at radius 3 is 2.73 bits per heavy atom. The molecule has 1 aromatic heterocycles. The van der Waals surface area contributed by atoms with E-state index >= 15 is 0 Å². The van der Waals surface area contributed by atoms with E-state index in [0.717, 1.165) is 25.7 Å². The van der Waals surface area contributed by atoms with Gasteiger partial charge in [0.2, 0.25) is 5.91 Å². The summed E-state index contributed by atoms with van der Waals surface area (Å²) in [6.07, 6.45) is 6.61. The Kier molecular flexibility index (Phi) is 5.32. The fourth-order valence-electron chi connectivity index (χ4n) is 2.35. The molecule has 1 aromatic rings. The molecular formula is C15H21N3O4. The van der Waals surface area contributed by atoms with Crippen LogP contribution in [0.2, 0.25) is 0 Å². The van der Waals surface area contributed by atoms with E-state index in [9.17, 15) is 14.7 Å². The van der Waals surface area contributed by atoms with Crippen LogP contribution in [0.5, 0.6) is 11.5 Å². The van der Waals surface area contributed by atoms with Gasteiger partial charge < -0.3 is 15.6 Å². The average Bonchev–Trinajstić information content (AvgIpc) is 2.50. The van der Waals surface area contributed by atoms with Crippen molar-refractivity contribution in [2.45, 2.75) is 51.2 Å². The number of hydrogen-bond acceptors (Lipinski definition) is 6. The highest BCUT2D eigenvalue weighted by Crippen LogP contribution is 2.31. The SMILES string of the molecule is C[C@H](N)C(=O)NC(=O)c1nccc(OC2CCCCC2)c1O. The van der Waals surface area contributed by atoms with E-state index in [1.54, 1.807) is 0 Å². The molecule has 1 atom stereocenters. The second kappa shape index (κ2) is 7.22. The van der Waals surface area contributed by atoms with E-state index in [-0.39, 0.29) is 23.3 Å². The van der Waals surface area contributed by atoms with Gasteiger partial charge in [0.1, 0.15) is 0 Å². The molecule has 0 aliphatic heterocycles. The van der Waals surface area contributed by atoms with Gasteiger partial charge in [-0.3, -0.25) is 14.9 Å². The van der Waals surface area contributed by atoms with Crippen molar-refractivity contribution in [2.24, 2.45) is 5.73 Å². The zero-order chi connectivity index (χ0) is 16.1. The maximum absolute atomic E-state index is 12.0. The normalized spacial score (nSPS) is 16.8. The number of ether oxygens (including phenoxy) is 1. The lowest BCUT2D eigenvalue weighted by Gasteiger charge is -2.23. The molecule has 1 heterocycles. The lowest BCUT2D eigenvalue weighted by atomic mass is 9.98. The Hall–Kier alpha value is -2.15. The van der Waals surface area contributed by atoms with Gasteiger partial charge in [0, 0.05) is 12.3 Å². The van der Waals surface area contributed by atoms with E-state index in [2.05, 4.69) is 10.3 Å². The van der Waals surface area contributed by atoms with Crippen molar-refractivity contribution in [3.05, 3.63) is 18.0 Å². The summed E-state index contributed by atoms with van der Waals surface area (Å²) < 4.78 is 5.75. The van der Waals surface area contributed by atoms with Crippen molar-refractivity contribution in [2.75, 3.05) is 0 Å². The number of amides is 2. The summed E-state index contributed by atoms with van der Waals surface area (Å²) in [5.41, 5.74) is 5.13. The molecule has 1 saturated carbocycles. The number of imide groups is 1. The van der Waals surface area contributed by atoms with E-state index in [0.29, 0.717) is 0 Å².